The average Bonchev–Trinajstić information content (AvgIpc) is 2.43. The highest BCUT2D eigenvalue weighted by atomic mass is 16.1. The van der Waals surface area contributed by atoms with E-state index >= 15 is 0 Å². The quantitative estimate of drug-likeness (QED) is 0.731. The van der Waals surface area contributed by atoms with E-state index in [9.17, 15) is 4.79 Å². The van der Waals surface area contributed by atoms with Crippen molar-refractivity contribution in [2.45, 2.75) is 26.8 Å². The number of aromatic nitrogens is 2. The smallest absolute Gasteiger partial charge is 0.159 e. The van der Waals surface area contributed by atoms with Crippen LogP contribution in [-0.4, -0.2) is 21.8 Å². The molecule has 0 bridgehead atoms. The first-order chi connectivity index (χ1) is 9.97. The number of nitrogens with one attached hydrogen (secondary N) is 2. The fraction of sp³-hybridized carbons (Fsp3) is 0.267. The molecule has 4 N–H and O–H groups in total. The molecule has 6 nitrogen and oxygen atoms in total. The molecule has 0 unspecified atom stereocenters. The van der Waals surface area contributed by atoms with Gasteiger partial charge < -0.3 is 16.4 Å². The van der Waals surface area contributed by atoms with Crippen LogP contribution in [0.25, 0.3) is 0 Å². The van der Waals surface area contributed by atoms with Crippen LogP contribution >= 0.6 is 0 Å². The number of hydrogen-bond acceptors (Lipinski definition) is 6. The van der Waals surface area contributed by atoms with Crippen LogP contribution < -0.4 is 16.4 Å². The maximum absolute atomic E-state index is 11.4. The van der Waals surface area contributed by atoms with Crippen LogP contribution in [-0.2, 0) is 0 Å². The molecular formula is C15H19N5O. The first-order valence-corrected chi connectivity index (χ1v) is 6.72. The molecule has 1 aromatic heterocycles. The van der Waals surface area contributed by atoms with E-state index in [4.69, 9.17) is 5.73 Å². The molecule has 0 aliphatic carbocycles. The zero-order valence-corrected chi connectivity index (χ0v) is 12.3. The second-order valence-corrected chi connectivity index (χ2v) is 5.05. The summed E-state index contributed by atoms with van der Waals surface area (Å²) in [6.07, 6.45) is 1.44. The highest BCUT2D eigenvalue weighted by Gasteiger charge is 2.09. The van der Waals surface area contributed by atoms with Crippen LogP contribution in [0.3, 0.4) is 0 Å². The lowest BCUT2D eigenvalue weighted by molar-refractivity contribution is 0.101. The Morgan fingerprint density at radius 1 is 1.24 bits per heavy atom. The van der Waals surface area contributed by atoms with Crippen molar-refractivity contribution in [2.24, 2.45) is 0 Å². The molecule has 0 atom stereocenters. The topological polar surface area (TPSA) is 92.9 Å². The molecule has 2 rings (SSSR count). The Balaban J connectivity index is 2.27. The SMILES string of the molecule is CC(=O)c1cccc(Nc2ncnc(NC(C)C)c2N)c1. The van der Waals surface area contributed by atoms with Gasteiger partial charge in [-0.1, -0.05) is 12.1 Å². The van der Waals surface area contributed by atoms with Crippen molar-refractivity contribution >= 4 is 28.8 Å². The first-order valence-electron chi connectivity index (χ1n) is 6.72. The van der Waals surface area contributed by atoms with E-state index in [1.54, 1.807) is 12.1 Å². The van der Waals surface area contributed by atoms with Crippen molar-refractivity contribution in [1.82, 2.24) is 9.97 Å². The number of Topliss-reactive ketones (excluding diaryl/α,β-unsaturated/α-hetero) is 1. The molecule has 1 aromatic carbocycles. The maximum Gasteiger partial charge on any atom is 0.159 e. The van der Waals surface area contributed by atoms with Crippen LogP contribution in [0.5, 0.6) is 0 Å². The molecule has 0 fully saturated rings. The summed E-state index contributed by atoms with van der Waals surface area (Å²) in [6, 6.07) is 7.41. The predicted molar refractivity (Wildman–Crippen MR) is 84.9 cm³/mol. The number of anilines is 4. The zero-order valence-electron chi connectivity index (χ0n) is 12.3. The van der Waals surface area contributed by atoms with E-state index in [1.807, 2.05) is 26.0 Å². The third kappa shape index (κ3) is 3.68. The van der Waals surface area contributed by atoms with Crippen molar-refractivity contribution in [1.29, 1.82) is 0 Å². The molecule has 0 aliphatic heterocycles. The van der Waals surface area contributed by atoms with E-state index in [0.29, 0.717) is 22.9 Å². The molecule has 0 spiro atoms. The summed E-state index contributed by atoms with van der Waals surface area (Å²) in [4.78, 5) is 19.7. The molecule has 0 amide bonds. The number of ketones is 1. The Morgan fingerprint density at radius 2 is 1.95 bits per heavy atom. The number of benzene rings is 1. The summed E-state index contributed by atoms with van der Waals surface area (Å²) in [5, 5.41) is 6.27. The third-order valence-corrected chi connectivity index (χ3v) is 2.84. The van der Waals surface area contributed by atoms with Crippen molar-refractivity contribution in [3.8, 4) is 0 Å². The van der Waals surface area contributed by atoms with Crippen LogP contribution in [0, 0.1) is 0 Å². The largest absolute Gasteiger partial charge is 0.393 e. The van der Waals surface area contributed by atoms with Crippen molar-refractivity contribution in [3.05, 3.63) is 36.2 Å². The van der Waals surface area contributed by atoms with Crippen LogP contribution in [0.15, 0.2) is 30.6 Å². The Morgan fingerprint density at radius 3 is 2.62 bits per heavy atom. The van der Waals surface area contributed by atoms with Gasteiger partial charge in [0.15, 0.2) is 17.4 Å². The maximum atomic E-state index is 11.4. The molecule has 0 saturated carbocycles. The van der Waals surface area contributed by atoms with Gasteiger partial charge in [-0.3, -0.25) is 4.79 Å². The van der Waals surface area contributed by atoms with Crippen molar-refractivity contribution in [2.75, 3.05) is 16.4 Å². The molecule has 0 saturated heterocycles. The summed E-state index contributed by atoms with van der Waals surface area (Å²) in [5.41, 5.74) is 7.89. The molecule has 6 heteroatoms. The number of nitrogens with two attached hydrogens (primary N) is 1. The number of nitrogens with zero attached hydrogens (tertiary/aromatic N) is 2. The minimum atomic E-state index is 0.0106. The number of hydrogen-bond donors (Lipinski definition) is 3. The van der Waals surface area contributed by atoms with E-state index in [-0.39, 0.29) is 11.8 Å². The Kier molecular flexibility index (Phi) is 4.37. The molecule has 2 aromatic rings. The predicted octanol–water partition coefficient (Wildman–Crippen LogP) is 2.83. The van der Waals surface area contributed by atoms with Crippen LogP contribution in [0.4, 0.5) is 23.0 Å². The van der Waals surface area contributed by atoms with E-state index in [2.05, 4.69) is 20.6 Å². The number of nitrogen functional groups attached to an aromatic ring is 1. The molecule has 0 aliphatic rings. The monoisotopic (exact) mass is 285 g/mol. The van der Waals surface area contributed by atoms with E-state index < -0.39 is 0 Å². The number of carbonyl (C=O) groups is 1. The van der Waals surface area contributed by atoms with Gasteiger partial charge in [0.1, 0.15) is 12.0 Å². The van der Waals surface area contributed by atoms with Crippen LogP contribution in [0.2, 0.25) is 0 Å². The number of rotatable bonds is 5. The van der Waals surface area contributed by atoms with Gasteiger partial charge >= 0.3 is 0 Å². The number of carbonyl (C=O) groups excluding carboxylic acids is 1. The Labute approximate surface area is 123 Å². The first kappa shape index (κ1) is 14.8. The summed E-state index contributed by atoms with van der Waals surface area (Å²) in [6.45, 7) is 5.54. The third-order valence-electron chi connectivity index (χ3n) is 2.84. The van der Waals surface area contributed by atoms with Gasteiger partial charge in [-0.25, -0.2) is 9.97 Å². The Bertz CT molecular complexity index is 654. The van der Waals surface area contributed by atoms with Gasteiger partial charge in [0.25, 0.3) is 0 Å². The molecule has 1 heterocycles. The van der Waals surface area contributed by atoms with Crippen molar-refractivity contribution in [3.63, 3.8) is 0 Å². The van der Waals surface area contributed by atoms with Gasteiger partial charge in [0.05, 0.1) is 0 Å². The van der Waals surface area contributed by atoms with Gasteiger partial charge in [0, 0.05) is 17.3 Å². The minimum absolute atomic E-state index is 0.0106. The fourth-order valence-corrected chi connectivity index (χ4v) is 1.84. The highest BCUT2D eigenvalue weighted by Crippen LogP contribution is 2.26. The summed E-state index contributed by atoms with van der Waals surface area (Å²) in [7, 11) is 0. The molecule has 0 radical (unpaired) electrons. The minimum Gasteiger partial charge on any atom is -0.393 e. The average molecular weight is 285 g/mol. The second-order valence-electron chi connectivity index (χ2n) is 5.05. The van der Waals surface area contributed by atoms with Gasteiger partial charge in [-0.05, 0) is 32.9 Å². The van der Waals surface area contributed by atoms with E-state index in [1.165, 1.54) is 13.3 Å². The zero-order chi connectivity index (χ0) is 15.4. The normalized spacial score (nSPS) is 10.5. The summed E-state index contributed by atoms with van der Waals surface area (Å²) >= 11 is 0. The van der Waals surface area contributed by atoms with E-state index in [0.717, 1.165) is 5.69 Å². The van der Waals surface area contributed by atoms with Gasteiger partial charge in [0.2, 0.25) is 0 Å². The molecule has 21 heavy (non-hydrogen) atoms. The van der Waals surface area contributed by atoms with Gasteiger partial charge in [-0.15, -0.1) is 0 Å². The van der Waals surface area contributed by atoms with Crippen LogP contribution in [0.1, 0.15) is 31.1 Å². The fourth-order valence-electron chi connectivity index (χ4n) is 1.84. The van der Waals surface area contributed by atoms with Gasteiger partial charge in [-0.2, -0.15) is 0 Å². The molecular weight excluding hydrogens is 266 g/mol. The lowest BCUT2D eigenvalue weighted by Gasteiger charge is -2.14. The molecule has 110 valence electrons. The summed E-state index contributed by atoms with van der Waals surface area (Å²) < 4.78 is 0. The van der Waals surface area contributed by atoms with Crippen molar-refractivity contribution < 1.29 is 4.79 Å². The lowest BCUT2D eigenvalue weighted by atomic mass is 10.1. The Hall–Kier alpha value is -2.63. The highest BCUT2D eigenvalue weighted by molar-refractivity contribution is 5.95. The standard InChI is InChI=1S/C15H19N5O/c1-9(2)19-14-13(16)15(18-8-17-14)20-12-6-4-5-11(7-12)10(3)21/h4-9H,16H2,1-3H3,(H2,17,18,19,20). The second kappa shape index (κ2) is 6.21. The summed E-state index contributed by atoms with van der Waals surface area (Å²) in [5.74, 6) is 1.11. The lowest BCUT2D eigenvalue weighted by Crippen LogP contribution is -2.14.